The van der Waals surface area contributed by atoms with Gasteiger partial charge in [0.05, 0.1) is 4.90 Å². The van der Waals surface area contributed by atoms with Crippen molar-refractivity contribution >= 4 is 33.4 Å². The minimum atomic E-state index is -3.64. The molecule has 0 aliphatic carbocycles. The van der Waals surface area contributed by atoms with E-state index in [1.165, 1.54) is 16.4 Å². The number of carbonyl (C=O) groups is 2. The van der Waals surface area contributed by atoms with Gasteiger partial charge < -0.3 is 10.2 Å². The van der Waals surface area contributed by atoms with Gasteiger partial charge in [-0.25, -0.2) is 8.42 Å². The van der Waals surface area contributed by atoms with E-state index in [0.717, 1.165) is 19.3 Å². The van der Waals surface area contributed by atoms with Gasteiger partial charge in [0.25, 0.3) is 5.91 Å². The number of nitrogens with one attached hydrogen (secondary N) is 1. The second kappa shape index (κ2) is 10.9. The van der Waals surface area contributed by atoms with Gasteiger partial charge in [-0.2, -0.15) is 4.31 Å². The van der Waals surface area contributed by atoms with Crippen molar-refractivity contribution in [1.82, 2.24) is 14.5 Å². The summed E-state index contributed by atoms with van der Waals surface area (Å²) < 4.78 is 27.6. The maximum absolute atomic E-state index is 13.5. The van der Waals surface area contributed by atoms with Crippen LogP contribution in [-0.2, 0) is 14.8 Å². The highest BCUT2D eigenvalue weighted by Crippen LogP contribution is 2.28. The van der Waals surface area contributed by atoms with Gasteiger partial charge in [0.2, 0.25) is 15.9 Å². The Balaban J connectivity index is 1.48. The summed E-state index contributed by atoms with van der Waals surface area (Å²) in [6.45, 7) is 1.97. The Morgan fingerprint density at radius 3 is 2.12 bits per heavy atom. The molecule has 2 heterocycles. The van der Waals surface area contributed by atoms with Gasteiger partial charge in [-0.15, -0.1) is 0 Å². The Labute approximate surface area is 206 Å². The Bertz CT molecular complexity index is 1090. The van der Waals surface area contributed by atoms with Crippen LogP contribution in [0.3, 0.4) is 0 Å². The topological polar surface area (TPSA) is 86.8 Å². The molecule has 0 bridgehead atoms. The van der Waals surface area contributed by atoms with Crippen LogP contribution >= 0.6 is 11.6 Å². The van der Waals surface area contributed by atoms with E-state index in [1.54, 1.807) is 36.4 Å². The van der Waals surface area contributed by atoms with Crippen LogP contribution in [0.1, 0.15) is 42.5 Å². The number of rotatable bonds is 6. The summed E-state index contributed by atoms with van der Waals surface area (Å²) in [5, 5.41) is 3.46. The van der Waals surface area contributed by atoms with Gasteiger partial charge in [-0.3, -0.25) is 9.59 Å². The van der Waals surface area contributed by atoms with Crippen LogP contribution in [-0.4, -0.2) is 61.7 Å². The summed E-state index contributed by atoms with van der Waals surface area (Å²) in [7, 11) is -3.64. The largest absolute Gasteiger partial charge is 0.341 e. The van der Waals surface area contributed by atoms with Crippen molar-refractivity contribution in [3.05, 3.63) is 65.2 Å². The standard InChI is InChI=1S/C25H30ClN3O4S/c26-21-9-11-22(12-10-21)34(32,33)29-17-13-19(14-18-29)23(25(31)28-15-5-2-6-16-28)27-24(30)20-7-3-1-4-8-20/h1,3-4,7-12,19,23H,2,5-6,13-18H2,(H,27,30)/t23-/m0/s1. The smallest absolute Gasteiger partial charge is 0.251 e. The molecule has 7 nitrogen and oxygen atoms in total. The fraction of sp³-hybridized carbons (Fsp3) is 0.440. The highest BCUT2D eigenvalue weighted by molar-refractivity contribution is 7.89. The lowest BCUT2D eigenvalue weighted by molar-refractivity contribution is -0.135. The van der Waals surface area contributed by atoms with E-state index >= 15 is 0 Å². The van der Waals surface area contributed by atoms with Crippen LogP contribution < -0.4 is 5.32 Å². The average molecular weight is 504 g/mol. The minimum absolute atomic E-state index is 0.0667. The molecule has 34 heavy (non-hydrogen) atoms. The number of halogens is 1. The molecule has 2 saturated heterocycles. The quantitative estimate of drug-likeness (QED) is 0.653. The highest BCUT2D eigenvalue weighted by Gasteiger charge is 2.38. The molecule has 2 fully saturated rings. The lowest BCUT2D eigenvalue weighted by atomic mass is 9.88. The summed E-state index contributed by atoms with van der Waals surface area (Å²) in [5.41, 5.74) is 0.502. The molecule has 2 amide bonds. The van der Waals surface area contributed by atoms with Crippen LogP contribution in [0.2, 0.25) is 5.02 Å². The van der Waals surface area contributed by atoms with E-state index in [9.17, 15) is 18.0 Å². The Morgan fingerprint density at radius 1 is 0.882 bits per heavy atom. The number of sulfonamides is 1. The fourth-order valence-corrected chi connectivity index (χ4v) is 6.31. The summed E-state index contributed by atoms with van der Waals surface area (Å²) in [4.78, 5) is 28.4. The normalized spacial score (nSPS) is 18.9. The predicted octanol–water partition coefficient (Wildman–Crippen LogP) is 3.55. The monoisotopic (exact) mass is 503 g/mol. The van der Waals surface area contributed by atoms with Crippen molar-refractivity contribution in [2.45, 2.75) is 43.0 Å². The molecule has 0 unspecified atom stereocenters. The van der Waals surface area contributed by atoms with E-state index in [2.05, 4.69) is 5.32 Å². The summed E-state index contributed by atoms with van der Waals surface area (Å²) in [5.74, 6) is -0.492. The number of likely N-dealkylation sites (tertiary alicyclic amines) is 1. The third-order valence-electron chi connectivity index (χ3n) is 6.68. The minimum Gasteiger partial charge on any atom is -0.341 e. The Hall–Kier alpha value is -2.42. The third-order valence-corrected chi connectivity index (χ3v) is 8.84. The first-order valence-corrected chi connectivity index (χ1v) is 13.6. The summed E-state index contributed by atoms with van der Waals surface area (Å²) in [6, 6.07) is 14.3. The Morgan fingerprint density at radius 2 is 1.50 bits per heavy atom. The number of carbonyl (C=O) groups excluding carboxylic acids is 2. The Kier molecular flexibility index (Phi) is 7.91. The van der Waals surface area contributed by atoms with Gasteiger partial charge in [-0.1, -0.05) is 29.8 Å². The molecule has 2 aliphatic heterocycles. The molecule has 0 saturated carbocycles. The number of nitrogens with zero attached hydrogens (tertiary/aromatic N) is 2. The first-order valence-electron chi connectivity index (χ1n) is 11.8. The molecule has 2 aliphatic rings. The molecular weight excluding hydrogens is 474 g/mol. The zero-order chi connectivity index (χ0) is 24.1. The first-order chi connectivity index (χ1) is 16.4. The van der Waals surface area contributed by atoms with Crippen LogP contribution in [0.25, 0.3) is 0 Å². The van der Waals surface area contributed by atoms with Crippen molar-refractivity contribution < 1.29 is 18.0 Å². The molecule has 2 aromatic rings. The average Bonchev–Trinajstić information content (AvgIpc) is 2.88. The van der Waals surface area contributed by atoms with Crippen molar-refractivity contribution in [2.75, 3.05) is 26.2 Å². The maximum atomic E-state index is 13.5. The molecule has 2 aromatic carbocycles. The van der Waals surface area contributed by atoms with E-state index < -0.39 is 16.1 Å². The molecule has 4 rings (SSSR count). The highest BCUT2D eigenvalue weighted by atomic mass is 35.5. The van der Waals surface area contributed by atoms with Gasteiger partial charge >= 0.3 is 0 Å². The van der Waals surface area contributed by atoms with Crippen LogP contribution in [0.15, 0.2) is 59.5 Å². The third kappa shape index (κ3) is 5.62. The van der Waals surface area contributed by atoms with E-state index in [-0.39, 0.29) is 22.6 Å². The van der Waals surface area contributed by atoms with E-state index in [1.807, 2.05) is 11.0 Å². The van der Waals surface area contributed by atoms with Gasteiger partial charge in [-0.05, 0) is 74.4 Å². The van der Waals surface area contributed by atoms with Crippen molar-refractivity contribution in [1.29, 1.82) is 0 Å². The predicted molar refractivity (Wildman–Crippen MR) is 131 cm³/mol. The van der Waals surface area contributed by atoms with Crippen LogP contribution in [0.5, 0.6) is 0 Å². The van der Waals surface area contributed by atoms with E-state index in [4.69, 9.17) is 11.6 Å². The number of hydrogen-bond acceptors (Lipinski definition) is 4. The van der Waals surface area contributed by atoms with Crippen LogP contribution in [0.4, 0.5) is 0 Å². The molecule has 9 heteroatoms. The number of amides is 2. The summed E-state index contributed by atoms with van der Waals surface area (Å²) >= 11 is 5.90. The zero-order valence-corrected chi connectivity index (χ0v) is 20.6. The zero-order valence-electron chi connectivity index (χ0n) is 19.0. The molecule has 0 radical (unpaired) electrons. The number of hydrogen-bond donors (Lipinski definition) is 1. The molecule has 1 N–H and O–H groups in total. The van der Waals surface area contributed by atoms with Gasteiger partial charge in [0.15, 0.2) is 0 Å². The van der Waals surface area contributed by atoms with Gasteiger partial charge in [0.1, 0.15) is 6.04 Å². The second-order valence-corrected chi connectivity index (χ2v) is 11.3. The molecule has 182 valence electrons. The van der Waals surface area contributed by atoms with E-state index in [0.29, 0.717) is 49.6 Å². The lowest BCUT2D eigenvalue weighted by Crippen LogP contribution is -2.55. The van der Waals surface area contributed by atoms with Crippen LogP contribution in [0, 0.1) is 5.92 Å². The second-order valence-electron chi connectivity index (χ2n) is 8.90. The molecular formula is C25H30ClN3O4S. The van der Waals surface area contributed by atoms with Gasteiger partial charge in [0, 0.05) is 36.8 Å². The first kappa shape index (κ1) is 24.7. The molecule has 1 atom stereocenters. The molecule has 0 aromatic heterocycles. The maximum Gasteiger partial charge on any atom is 0.251 e. The lowest BCUT2D eigenvalue weighted by Gasteiger charge is -2.38. The summed E-state index contributed by atoms with van der Waals surface area (Å²) in [6.07, 6.45) is 4.01. The molecule has 0 spiro atoms. The number of piperidine rings is 2. The fourth-order valence-electron chi connectivity index (χ4n) is 4.71. The SMILES string of the molecule is O=C(N[C@H](C(=O)N1CCCCC1)C1CCN(S(=O)(=O)c2ccc(Cl)cc2)CC1)c1ccccc1. The number of benzene rings is 2. The van der Waals surface area contributed by atoms with Crippen molar-refractivity contribution in [3.8, 4) is 0 Å². The van der Waals surface area contributed by atoms with Crippen molar-refractivity contribution in [3.63, 3.8) is 0 Å². The van der Waals surface area contributed by atoms with Crippen molar-refractivity contribution in [2.24, 2.45) is 5.92 Å².